The number of halogens is 1. The first-order valence-electron chi connectivity index (χ1n) is 11.0. The molecule has 2 aromatic rings. The molecule has 4 rings (SSSR count). The summed E-state index contributed by atoms with van der Waals surface area (Å²) in [4.78, 5) is 17.4. The second-order valence-electron chi connectivity index (χ2n) is 8.71. The molecule has 2 aliphatic rings. The maximum Gasteiger partial charge on any atom is 0.133 e. The topological polar surface area (TPSA) is 30.0 Å². The van der Waals surface area contributed by atoms with E-state index in [4.69, 9.17) is 4.98 Å². The van der Waals surface area contributed by atoms with Gasteiger partial charge in [0.15, 0.2) is 0 Å². The summed E-state index contributed by atoms with van der Waals surface area (Å²) in [6.45, 7) is 1.79. The molecule has 29 heavy (non-hydrogen) atoms. The highest BCUT2D eigenvalue weighted by Gasteiger charge is 2.28. The van der Waals surface area contributed by atoms with Crippen LogP contribution >= 0.6 is 0 Å². The fourth-order valence-corrected chi connectivity index (χ4v) is 5.05. The van der Waals surface area contributed by atoms with Crippen molar-refractivity contribution in [2.24, 2.45) is 5.92 Å². The number of ketones is 1. The number of pyridine rings is 1. The van der Waals surface area contributed by atoms with Crippen LogP contribution in [0.25, 0.3) is 6.08 Å². The van der Waals surface area contributed by atoms with Crippen molar-refractivity contribution in [3.05, 3.63) is 70.3 Å². The molecule has 3 heteroatoms. The second kappa shape index (κ2) is 9.02. The number of carbonyl (C=O) groups is 1. The molecular formula is C26H36FNO. The van der Waals surface area contributed by atoms with Crippen molar-refractivity contribution in [3.63, 3.8) is 0 Å². The van der Waals surface area contributed by atoms with Crippen LogP contribution in [0.1, 0.15) is 83.1 Å². The van der Waals surface area contributed by atoms with E-state index in [0.717, 1.165) is 31.2 Å². The zero-order chi connectivity index (χ0) is 20.2. The summed E-state index contributed by atoms with van der Waals surface area (Å²) in [5.74, 6) is 1.03. The second-order valence-corrected chi connectivity index (χ2v) is 8.71. The fraction of sp³-hybridized carbons (Fsp3) is 0.462. The van der Waals surface area contributed by atoms with Gasteiger partial charge in [-0.2, -0.15) is 0 Å². The zero-order valence-corrected chi connectivity index (χ0v) is 17.3. The van der Waals surface area contributed by atoms with Crippen LogP contribution in [0.15, 0.2) is 36.5 Å². The van der Waals surface area contributed by atoms with Gasteiger partial charge in [-0.05, 0) is 85.8 Å². The van der Waals surface area contributed by atoms with Gasteiger partial charge < -0.3 is 0 Å². The Balaban J connectivity index is 0.00000171. The average molecular weight is 398 g/mol. The van der Waals surface area contributed by atoms with Gasteiger partial charge in [0, 0.05) is 29.2 Å². The standard InChI is InChI=1S/C26H30FNO.3H2/c1-18-20(8-5-11-25(18)27)12-13-23(29)17-19-6-4-9-22(16-19)26-24-10-3-2-7-21(24)14-15-28-26;;;/h3,5,8,10-11,14-15,19,22H,2,4,6-7,9,12-13,16-17H2,1H3;3*1H/t19-,22?;;;/m1.../s1. The molecule has 1 aromatic carbocycles. The molecule has 1 fully saturated rings. The summed E-state index contributed by atoms with van der Waals surface area (Å²) >= 11 is 0. The third-order valence-corrected chi connectivity index (χ3v) is 6.72. The summed E-state index contributed by atoms with van der Waals surface area (Å²) in [7, 11) is 0. The predicted molar refractivity (Wildman–Crippen MR) is 122 cm³/mol. The first-order chi connectivity index (χ1) is 14.1. The van der Waals surface area contributed by atoms with Crippen molar-refractivity contribution in [1.29, 1.82) is 0 Å². The lowest BCUT2D eigenvalue weighted by Gasteiger charge is -2.30. The minimum atomic E-state index is -0.183. The molecule has 0 bridgehead atoms. The molecule has 2 nitrogen and oxygen atoms in total. The SMILES string of the molecule is Cc1c(F)cccc1CCC(=O)C[C@@H]1CCCC(c2nccc3c2C=CCC3)C1.[HH].[HH].[HH]. The van der Waals surface area contributed by atoms with Crippen molar-refractivity contribution in [3.8, 4) is 0 Å². The quantitative estimate of drug-likeness (QED) is 0.520. The Morgan fingerprint density at radius 2 is 2.17 bits per heavy atom. The highest BCUT2D eigenvalue weighted by Crippen LogP contribution is 2.39. The highest BCUT2D eigenvalue weighted by molar-refractivity contribution is 5.79. The molecular weight excluding hydrogens is 361 g/mol. The van der Waals surface area contributed by atoms with Crippen molar-refractivity contribution >= 4 is 11.9 Å². The third kappa shape index (κ3) is 4.66. The summed E-state index contributed by atoms with van der Waals surface area (Å²) in [6, 6.07) is 7.30. The largest absolute Gasteiger partial charge is 0.300 e. The number of rotatable bonds is 6. The normalized spacial score (nSPS) is 21.0. The van der Waals surface area contributed by atoms with E-state index < -0.39 is 0 Å². The van der Waals surface area contributed by atoms with E-state index in [1.807, 2.05) is 12.3 Å². The molecule has 2 aliphatic carbocycles. The van der Waals surface area contributed by atoms with E-state index in [9.17, 15) is 9.18 Å². The summed E-state index contributed by atoms with van der Waals surface area (Å²) in [6.07, 6.45) is 15.0. The average Bonchev–Trinajstić information content (AvgIpc) is 2.74. The Morgan fingerprint density at radius 3 is 3.07 bits per heavy atom. The van der Waals surface area contributed by atoms with Crippen LogP contribution < -0.4 is 0 Å². The third-order valence-electron chi connectivity index (χ3n) is 6.72. The Bertz CT molecular complexity index is 931. The number of nitrogens with zero attached hydrogens (tertiary/aromatic N) is 1. The van der Waals surface area contributed by atoms with Crippen LogP contribution in [0.3, 0.4) is 0 Å². The van der Waals surface area contributed by atoms with Gasteiger partial charge in [0.25, 0.3) is 0 Å². The number of hydrogen-bond donors (Lipinski definition) is 0. The summed E-state index contributed by atoms with van der Waals surface area (Å²) < 4.78 is 13.7. The number of hydrogen-bond acceptors (Lipinski definition) is 2. The smallest absolute Gasteiger partial charge is 0.133 e. The molecule has 0 saturated heterocycles. The van der Waals surface area contributed by atoms with Crippen LogP contribution in [0.5, 0.6) is 0 Å². The van der Waals surface area contributed by atoms with E-state index in [1.165, 1.54) is 35.7 Å². The maximum atomic E-state index is 13.7. The molecule has 2 atom stereocenters. The van der Waals surface area contributed by atoms with Crippen molar-refractivity contribution in [2.75, 3.05) is 0 Å². The molecule has 0 aliphatic heterocycles. The predicted octanol–water partition coefficient (Wildman–Crippen LogP) is 7.09. The minimum Gasteiger partial charge on any atom is -0.300 e. The lowest BCUT2D eigenvalue weighted by atomic mass is 9.75. The Kier molecular flexibility index (Phi) is 6.22. The summed E-state index contributed by atoms with van der Waals surface area (Å²) in [5.41, 5.74) is 5.61. The molecule has 0 amide bonds. The van der Waals surface area contributed by atoms with Gasteiger partial charge in [-0.1, -0.05) is 30.7 Å². The van der Waals surface area contributed by atoms with Crippen molar-refractivity contribution < 1.29 is 13.5 Å². The Labute approximate surface area is 177 Å². The van der Waals surface area contributed by atoms with E-state index in [-0.39, 0.29) is 10.1 Å². The van der Waals surface area contributed by atoms with Gasteiger partial charge in [0.2, 0.25) is 0 Å². The van der Waals surface area contributed by atoms with E-state index in [0.29, 0.717) is 42.4 Å². The molecule has 1 saturated carbocycles. The van der Waals surface area contributed by atoms with Crippen LogP contribution in [0.2, 0.25) is 0 Å². The zero-order valence-electron chi connectivity index (χ0n) is 17.3. The molecule has 1 aromatic heterocycles. The Morgan fingerprint density at radius 1 is 1.28 bits per heavy atom. The molecule has 0 N–H and O–H groups in total. The van der Waals surface area contributed by atoms with Crippen LogP contribution in [-0.2, 0) is 17.6 Å². The van der Waals surface area contributed by atoms with E-state index in [1.54, 1.807) is 13.0 Å². The minimum absolute atomic E-state index is 0. The molecule has 0 spiro atoms. The number of fused-ring (bicyclic) bond motifs is 1. The first-order valence-corrected chi connectivity index (χ1v) is 11.0. The monoisotopic (exact) mass is 397 g/mol. The first kappa shape index (κ1) is 20.0. The van der Waals surface area contributed by atoms with Gasteiger partial charge in [-0.15, -0.1) is 0 Å². The van der Waals surface area contributed by atoms with Gasteiger partial charge in [0.05, 0.1) is 5.69 Å². The molecule has 1 heterocycles. The van der Waals surface area contributed by atoms with Gasteiger partial charge in [-0.25, -0.2) is 4.39 Å². The molecule has 158 valence electrons. The van der Waals surface area contributed by atoms with Crippen LogP contribution in [0, 0.1) is 18.7 Å². The number of aryl methyl sites for hydroxylation is 2. The lowest BCUT2D eigenvalue weighted by molar-refractivity contribution is -0.120. The number of Topliss-reactive ketones (excluding diaryl/α,β-unsaturated/α-hetero) is 1. The highest BCUT2D eigenvalue weighted by atomic mass is 19.1. The van der Waals surface area contributed by atoms with E-state index >= 15 is 0 Å². The summed E-state index contributed by atoms with van der Waals surface area (Å²) in [5, 5.41) is 0. The van der Waals surface area contributed by atoms with E-state index in [2.05, 4.69) is 18.2 Å². The van der Waals surface area contributed by atoms with Crippen LogP contribution in [-0.4, -0.2) is 10.8 Å². The lowest BCUT2D eigenvalue weighted by Crippen LogP contribution is -2.19. The number of aromatic nitrogens is 1. The van der Waals surface area contributed by atoms with Crippen molar-refractivity contribution in [2.45, 2.75) is 70.6 Å². The number of carbonyl (C=O) groups excluding carboxylic acids is 1. The number of benzene rings is 1. The fourth-order valence-electron chi connectivity index (χ4n) is 5.05. The van der Waals surface area contributed by atoms with Gasteiger partial charge >= 0.3 is 0 Å². The van der Waals surface area contributed by atoms with Gasteiger partial charge in [-0.3, -0.25) is 9.78 Å². The molecule has 0 radical (unpaired) electrons. The Hall–Kier alpha value is -2.29. The van der Waals surface area contributed by atoms with Gasteiger partial charge in [0.1, 0.15) is 11.6 Å². The van der Waals surface area contributed by atoms with Crippen LogP contribution in [0.4, 0.5) is 4.39 Å². The number of allylic oxidation sites excluding steroid dienone is 1. The molecule has 1 unspecified atom stereocenters. The van der Waals surface area contributed by atoms with Crippen molar-refractivity contribution in [1.82, 2.24) is 4.98 Å². The maximum absolute atomic E-state index is 13.7.